The van der Waals surface area contributed by atoms with Gasteiger partial charge in [0.25, 0.3) is 0 Å². The van der Waals surface area contributed by atoms with E-state index in [-0.39, 0.29) is 18.4 Å². The molecule has 1 fully saturated rings. The molecule has 21 heavy (non-hydrogen) atoms. The Kier molecular flexibility index (Phi) is 4.35. The zero-order valence-electron chi connectivity index (χ0n) is 13.1. The summed E-state index contributed by atoms with van der Waals surface area (Å²) in [7, 11) is 0. The van der Waals surface area contributed by atoms with Crippen LogP contribution in [0.3, 0.4) is 0 Å². The number of carbonyl (C=O) groups excluding carboxylic acids is 1. The molecular weight excluding hydrogens is 266 g/mol. The molecule has 1 unspecified atom stereocenters. The maximum absolute atomic E-state index is 12.6. The van der Waals surface area contributed by atoms with E-state index in [0.717, 1.165) is 29.5 Å². The van der Waals surface area contributed by atoms with E-state index < -0.39 is 12.0 Å². The number of carboxylic acid groups (broad SMARTS) is 1. The summed E-state index contributed by atoms with van der Waals surface area (Å²) in [5.74, 6) is -1.02. The van der Waals surface area contributed by atoms with Gasteiger partial charge in [-0.1, -0.05) is 17.7 Å². The van der Waals surface area contributed by atoms with Gasteiger partial charge in [0.05, 0.1) is 6.42 Å². The lowest BCUT2D eigenvalue weighted by molar-refractivity contribution is -0.149. The number of aliphatic carboxylic acids is 1. The summed E-state index contributed by atoms with van der Waals surface area (Å²) in [6.45, 7) is 7.64. The van der Waals surface area contributed by atoms with Gasteiger partial charge in [-0.2, -0.15) is 0 Å². The van der Waals surface area contributed by atoms with Crippen LogP contribution in [0.15, 0.2) is 12.1 Å². The molecule has 0 aromatic heterocycles. The van der Waals surface area contributed by atoms with Crippen molar-refractivity contribution in [2.45, 2.75) is 59.0 Å². The Bertz CT molecular complexity index is 552. The molecule has 1 atom stereocenters. The number of hydrogen-bond donors (Lipinski definition) is 1. The van der Waals surface area contributed by atoms with Crippen LogP contribution in [0.5, 0.6) is 0 Å². The molecule has 1 saturated carbocycles. The molecular formula is C17H23NO3. The van der Waals surface area contributed by atoms with Gasteiger partial charge >= 0.3 is 5.97 Å². The number of aryl methyl sites for hydroxylation is 3. The molecule has 4 nitrogen and oxygen atoms in total. The molecule has 4 heteroatoms. The van der Waals surface area contributed by atoms with E-state index in [1.165, 1.54) is 5.56 Å². The molecule has 0 aliphatic heterocycles. The Morgan fingerprint density at radius 3 is 2.19 bits per heavy atom. The van der Waals surface area contributed by atoms with Gasteiger partial charge in [0.1, 0.15) is 6.04 Å². The summed E-state index contributed by atoms with van der Waals surface area (Å²) in [5, 5.41) is 9.20. The Labute approximate surface area is 125 Å². The van der Waals surface area contributed by atoms with Gasteiger partial charge < -0.3 is 10.0 Å². The summed E-state index contributed by atoms with van der Waals surface area (Å²) < 4.78 is 0. The number of carboxylic acids is 1. The van der Waals surface area contributed by atoms with Crippen LogP contribution in [0.25, 0.3) is 0 Å². The first kappa shape index (κ1) is 15.5. The van der Waals surface area contributed by atoms with Crippen molar-refractivity contribution < 1.29 is 14.7 Å². The Hall–Kier alpha value is -1.84. The first-order valence-electron chi connectivity index (χ1n) is 7.42. The van der Waals surface area contributed by atoms with E-state index >= 15 is 0 Å². The second-order valence-electron chi connectivity index (χ2n) is 6.10. The summed E-state index contributed by atoms with van der Waals surface area (Å²) in [4.78, 5) is 25.4. The van der Waals surface area contributed by atoms with Gasteiger partial charge in [-0.15, -0.1) is 0 Å². The van der Waals surface area contributed by atoms with Crippen molar-refractivity contribution in [3.8, 4) is 0 Å². The van der Waals surface area contributed by atoms with Gasteiger partial charge in [0.2, 0.25) is 5.91 Å². The minimum absolute atomic E-state index is 0.0811. The van der Waals surface area contributed by atoms with Gasteiger partial charge in [0, 0.05) is 6.04 Å². The van der Waals surface area contributed by atoms with Gasteiger partial charge in [0.15, 0.2) is 0 Å². The summed E-state index contributed by atoms with van der Waals surface area (Å²) in [6, 6.07) is 3.49. The second-order valence-corrected chi connectivity index (χ2v) is 6.10. The number of carbonyl (C=O) groups is 2. The summed E-state index contributed by atoms with van der Waals surface area (Å²) in [5.41, 5.74) is 4.40. The van der Waals surface area contributed by atoms with Crippen LogP contribution < -0.4 is 0 Å². The quantitative estimate of drug-likeness (QED) is 0.906. The number of hydrogen-bond acceptors (Lipinski definition) is 2. The zero-order chi connectivity index (χ0) is 15.7. The van der Waals surface area contributed by atoms with Crippen molar-refractivity contribution in [2.75, 3.05) is 0 Å². The lowest BCUT2D eigenvalue weighted by atomic mass is 9.96. The fraction of sp³-hybridized carbons (Fsp3) is 0.529. The molecule has 1 aliphatic carbocycles. The monoisotopic (exact) mass is 289 g/mol. The van der Waals surface area contributed by atoms with Crippen LogP contribution >= 0.6 is 0 Å². The second kappa shape index (κ2) is 5.88. The maximum atomic E-state index is 12.6. The average Bonchev–Trinajstić information content (AvgIpc) is 3.18. The molecule has 1 aromatic rings. The van der Waals surface area contributed by atoms with Crippen LogP contribution in [0.1, 0.15) is 42.0 Å². The van der Waals surface area contributed by atoms with Crippen molar-refractivity contribution >= 4 is 11.9 Å². The van der Waals surface area contributed by atoms with Gasteiger partial charge in [-0.25, -0.2) is 4.79 Å². The van der Waals surface area contributed by atoms with Crippen LogP contribution in [-0.4, -0.2) is 34.0 Å². The first-order chi connectivity index (χ1) is 9.81. The summed E-state index contributed by atoms with van der Waals surface area (Å²) in [6.07, 6.45) is 2.11. The molecule has 0 saturated heterocycles. The minimum atomic E-state index is -0.937. The summed E-state index contributed by atoms with van der Waals surface area (Å²) >= 11 is 0. The van der Waals surface area contributed by atoms with Crippen molar-refractivity contribution in [3.63, 3.8) is 0 Å². The minimum Gasteiger partial charge on any atom is -0.480 e. The molecule has 114 valence electrons. The predicted molar refractivity (Wildman–Crippen MR) is 81.3 cm³/mol. The first-order valence-corrected chi connectivity index (χ1v) is 7.42. The van der Waals surface area contributed by atoms with Gasteiger partial charge in [-0.3, -0.25) is 4.79 Å². The average molecular weight is 289 g/mol. The Balaban J connectivity index is 2.22. The van der Waals surface area contributed by atoms with Crippen LogP contribution in [0.2, 0.25) is 0 Å². The van der Waals surface area contributed by atoms with E-state index in [9.17, 15) is 14.7 Å². The maximum Gasteiger partial charge on any atom is 0.326 e. The number of amides is 1. The largest absolute Gasteiger partial charge is 0.480 e. The fourth-order valence-electron chi connectivity index (χ4n) is 2.94. The van der Waals surface area contributed by atoms with Crippen molar-refractivity contribution in [3.05, 3.63) is 34.4 Å². The lowest BCUT2D eigenvalue weighted by Crippen LogP contribution is -2.45. The van der Waals surface area contributed by atoms with Crippen molar-refractivity contribution in [1.82, 2.24) is 4.90 Å². The standard InChI is InChI=1S/C17H23NO3/c1-10-7-11(2)15(12(3)8-10)9-16(19)18(14-5-6-14)13(4)17(20)21/h7-8,13-14H,5-6,9H2,1-4H3,(H,20,21). The highest BCUT2D eigenvalue weighted by Crippen LogP contribution is 2.30. The van der Waals surface area contributed by atoms with Crippen LogP contribution in [0, 0.1) is 20.8 Å². The number of benzene rings is 1. The highest BCUT2D eigenvalue weighted by molar-refractivity contribution is 5.85. The molecule has 1 N–H and O–H groups in total. The molecule has 0 bridgehead atoms. The Morgan fingerprint density at radius 1 is 1.24 bits per heavy atom. The van der Waals surface area contributed by atoms with Crippen LogP contribution in [0.4, 0.5) is 0 Å². The molecule has 2 rings (SSSR count). The molecule has 0 heterocycles. The molecule has 1 aromatic carbocycles. The highest BCUT2D eigenvalue weighted by atomic mass is 16.4. The van der Waals surface area contributed by atoms with E-state index in [1.807, 2.05) is 20.8 Å². The van der Waals surface area contributed by atoms with E-state index in [1.54, 1.807) is 11.8 Å². The topological polar surface area (TPSA) is 57.6 Å². The fourth-order valence-corrected chi connectivity index (χ4v) is 2.94. The SMILES string of the molecule is Cc1cc(C)c(CC(=O)N(C2CC2)C(C)C(=O)O)c(C)c1. The zero-order valence-corrected chi connectivity index (χ0v) is 13.1. The third-order valence-corrected chi connectivity index (χ3v) is 4.17. The smallest absolute Gasteiger partial charge is 0.326 e. The molecule has 1 aliphatic rings. The third-order valence-electron chi connectivity index (χ3n) is 4.17. The highest BCUT2D eigenvalue weighted by Gasteiger charge is 2.38. The van der Waals surface area contributed by atoms with E-state index in [2.05, 4.69) is 12.1 Å². The number of nitrogens with zero attached hydrogens (tertiary/aromatic N) is 1. The van der Waals surface area contributed by atoms with Crippen molar-refractivity contribution in [1.29, 1.82) is 0 Å². The predicted octanol–water partition coefficient (Wildman–Crippen LogP) is 2.62. The third kappa shape index (κ3) is 3.43. The van der Waals surface area contributed by atoms with E-state index in [0.29, 0.717) is 0 Å². The molecule has 0 spiro atoms. The van der Waals surface area contributed by atoms with E-state index in [4.69, 9.17) is 0 Å². The Morgan fingerprint density at radius 2 is 1.76 bits per heavy atom. The molecule has 0 radical (unpaired) electrons. The van der Waals surface area contributed by atoms with Crippen molar-refractivity contribution in [2.24, 2.45) is 0 Å². The molecule has 1 amide bonds. The lowest BCUT2D eigenvalue weighted by Gasteiger charge is -2.27. The normalized spacial score (nSPS) is 15.6. The van der Waals surface area contributed by atoms with Crippen LogP contribution in [-0.2, 0) is 16.0 Å². The number of rotatable bonds is 5. The van der Waals surface area contributed by atoms with Gasteiger partial charge in [-0.05, 0) is 57.2 Å².